The molecule has 0 bridgehead atoms. The molecule has 0 N–H and O–H groups in total. The van der Waals surface area contributed by atoms with E-state index < -0.39 is 11.6 Å². The Labute approximate surface area is 314 Å². The summed E-state index contributed by atoms with van der Waals surface area (Å²) in [6.45, 7) is 5.46. The number of aliphatic imine (C=N–C) groups is 2. The van der Waals surface area contributed by atoms with Gasteiger partial charge in [0.1, 0.15) is 23.0 Å². The van der Waals surface area contributed by atoms with Crippen LogP contribution in [0, 0.1) is 23.5 Å². The van der Waals surface area contributed by atoms with E-state index in [1.807, 2.05) is 0 Å². The summed E-state index contributed by atoms with van der Waals surface area (Å²) in [4.78, 5) is 32.2. The van der Waals surface area contributed by atoms with E-state index in [0.717, 1.165) is 23.0 Å². The van der Waals surface area contributed by atoms with Crippen LogP contribution in [0.25, 0.3) is 0 Å². The van der Waals surface area contributed by atoms with Gasteiger partial charge in [0.25, 0.3) is 0 Å². The molecule has 2 aromatic heterocycles. The van der Waals surface area contributed by atoms with Crippen LogP contribution in [0.4, 0.5) is 20.4 Å². The van der Waals surface area contributed by atoms with E-state index in [0.29, 0.717) is 70.9 Å². The van der Waals surface area contributed by atoms with E-state index >= 15 is 0 Å². The fraction of sp³-hybridized carbons (Fsp3) is 0.450. The number of aromatic nitrogens is 4. The normalized spacial score (nSPS) is 22.1. The zero-order valence-electron chi connectivity index (χ0n) is 30.1. The number of rotatable bonds is 6. The van der Waals surface area contributed by atoms with Crippen LogP contribution in [0.15, 0.2) is 58.8 Å². The van der Waals surface area contributed by atoms with E-state index in [1.54, 1.807) is 36.7 Å². The van der Waals surface area contributed by atoms with Crippen molar-refractivity contribution in [3.8, 4) is 0 Å². The largest absolute Gasteiger partial charge is 0.355 e. The van der Waals surface area contributed by atoms with E-state index in [2.05, 4.69) is 57.7 Å². The lowest BCUT2D eigenvalue weighted by Gasteiger charge is -2.36. The zero-order chi connectivity index (χ0) is 36.5. The fourth-order valence-corrected chi connectivity index (χ4v) is 8.48. The first-order valence-electron chi connectivity index (χ1n) is 18.3. The second-order valence-electron chi connectivity index (χ2n) is 14.5. The minimum Gasteiger partial charge on any atom is -0.355 e. The van der Waals surface area contributed by atoms with Crippen molar-refractivity contribution in [2.75, 3.05) is 23.9 Å². The number of halogens is 4. The van der Waals surface area contributed by atoms with E-state index in [-0.39, 0.29) is 10.0 Å². The smallest absolute Gasteiger partial charge is 0.151 e. The molecule has 0 saturated heterocycles. The second kappa shape index (κ2) is 15.5. The molecule has 0 spiro atoms. The minimum atomic E-state index is -0.459. The molecule has 4 heterocycles. The van der Waals surface area contributed by atoms with Gasteiger partial charge in [0.05, 0.1) is 58.3 Å². The number of nitrogens with zero attached hydrogens (tertiary/aromatic N) is 8. The van der Waals surface area contributed by atoms with Gasteiger partial charge >= 0.3 is 0 Å². The highest BCUT2D eigenvalue weighted by Crippen LogP contribution is 2.33. The van der Waals surface area contributed by atoms with Crippen molar-refractivity contribution in [1.82, 2.24) is 19.9 Å². The van der Waals surface area contributed by atoms with Crippen LogP contribution in [0.1, 0.15) is 99.1 Å². The summed E-state index contributed by atoms with van der Waals surface area (Å²) >= 11 is 11.8. The van der Waals surface area contributed by atoms with E-state index in [4.69, 9.17) is 33.2 Å². The van der Waals surface area contributed by atoms with Gasteiger partial charge in [-0.25, -0.2) is 28.7 Å². The van der Waals surface area contributed by atoms with Crippen LogP contribution in [-0.4, -0.2) is 57.5 Å². The van der Waals surface area contributed by atoms with Crippen molar-refractivity contribution in [3.05, 3.63) is 104 Å². The molecule has 2 fully saturated rings. The highest BCUT2D eigenvalue weighted by molar-refractivity contribution is 6.32. The lowest BCUT2D eigenvalue weighted by molar-refractivity contribution is 0.320. The number of benzene rings is 2. The van der Waals surface area contributed by atoms with Crippen LogP contribution >= 0.6 is 23.2 Å². The van der Waals surface area contributed by atoms with Gasteiger partial charge in [-0.05, 0) is 61.8 Å². The molecule has 4 aliphatic rings. The third-order valence-corrected chi connectivity index (χ3v) is 11.7. The summed E-state index contributed by atoms with van der Waals surface area (Å²) in [6, 6.07) is 10.9. The maximum Gasteiger partial charge on any atom is 0.151 e. The van der Waals surface area contributed by atoms with Crippen molar-refractivity contribution in [3.63, 3.8) is 0 Å². The molecule has 2 aliphatic carbocycles. The van der Waals surface area contributed by atoms with Crippen molar-refractivity contribution < 1.29 is 8.78 Å². The van der Waals surface area contributed by atoms with Crippen molar-refractivity contribution in [1.29, 1.82) is 0 Å². The highest BCUT2D eigenvalue weighted by atomic mass is 35.5. The molecular formula is C40H44Cl2F2N8. The Balaban J connectivity index is 0.000000162. The van der Waals surface area contributed by atoms with Gasteiger partial charge in [0, 0.05) is 37.3 Å². The first kappa shape index (κ1) is 36.3. The third-order valence-electron chi connectivity index (χ3n) is 11.1. The molecule has 4 atom stereocenters. The minimum absolute atomic E-state index is 0.0919. The van der Waals surface area contributed by atoms with Crippen LogP contribution in [0.5, 0.6) is 0 Å². The molecule has 2 aromatic carbocycles. The summed E-state index contributed by atoms with van der Waals surface area (Å²) in [6.07, 6.45) is 13.6. The molecule has 0 unspecified atom stereocenters. The molecule has 8 nitrogen and oxygen atoms in total. The summed E-state index contributed by atoms with van der Waals surface area (Å²) in [7, 11) is 4.19. The van der Waals surface area contributed by atoms with Gasteiger partial charge in [0.2, 0.25) is 0 Å². The SMILES string of the molecule is C[C@@H]1CCCC[C@@H]1N(C)c1cnc2c(n1)CN=C2c1cccc(Cl)c1F.C[C@H]1CCCC[C@H]1N(C)c1cnc2c(n1)CN=C2c1cccc(Cl)c1F. The third kappa shape index (κ3) is 7.16. The Bertz CT molecular complexity index is 1880. The molecule has 4 aromatic rings. The molecule has 52 heavy (non-hydrogen) atoms. The first-order valence-corrected chi connectivity index (χ1v) is 19.0. The van der Waals surface area contributed by atoms with Crippen LogP contribution < -0.4 is 9.80 Å². The molecule has 2 saturated carbocycles. The topological polar surface area (TPSA) is 82.8 Å². The Morgan fingerprint density at radius 2 is 1.02 bits per heavy atom. The van der Waals surface area contributed by atoms with Crippen LogP contribution in [0.2, 0.25) is 10.0 Å². The Morgan fingerprint density at radius 1 is 0.615 bits per heavy atom. The summed E-state index contributed by atoms with van der Waals surface area (Å²) in [5, 5.41) is 0.184. The summed E-state index contributed by atoms with van der Waals surface area (Å²) < 4.78 is 28.7. The lowest BCUT2D eigenvalue weighted by atomic mass is 9.85. The summed E-state index contributed by atoms with van der Waals surface area (Å²) in [5.74, 6) is 2.11. The van der Waals surface area contributed by atoms with Crippen LogP contribution in [-0.2, 0) is 13.1 Å². The Kier molecular flexibility index (Phi) is 10.9. The zero-order valence-corrected chi connectivity index (χ0v) is 31.6. The number of hydrogen-bond donors (Lipinski definition) is 0. The molecule has 12 heteroatoms. The Hall–Kier alpha value is -4.02. The maximum atomic E-state index is 14.4. The first-order chi connectivity index (χ1) is 25.1. The van der Waals surface area contributed by atoms with Gasteiger partial charge in [-0.3, -0.25) is 9.98 Å². The fourth-order valence-electron chi connectivity index (χ4n) is 8.13. The quantitative estimate of drug-likeness (QED) is 0.196. The van der Waals surface area contributed by atoms with Gasteiger partial charge in [-0.1, -0.05) is 74.9 Å². The molecular weight excluding hydrogens is 701 g/mol. The standard InChI is InChI=1S/2C20H22ClFN4/c2*1-12-6-3-4-9-16(12)26(2)17-11-24-20-15(25-17)10-23-19(20)13-7-5-8-14(21)18(13)22/h2*5,7-8,11-12,16H,3-4,6,9-10H2,1-2H3/t2*12-,16+/m10/s1. The van der Waals surface area contributed by atoms with Gasteiger partial charge < -0.3 is 9.80 Å². The molecule has 2 aliphatic heterocycles. The predicted molar refractivity (Wildman–Crippen MR) is 205 cm³/mol. The average molecular weight is 746 g/mol. The molecule has 272 valence electrons. The van der Waals surface area contributed by atoms with Crippen molar-refractivity contribution in [2.24, 2.45) is 21.8 Å². The average Bonchev–Trinajstić information content (AvgIpc) is 3.78. The summed E-state index contributed by atoms with van der Waals surface area (Å²) in [5.41, 5.74) is 4.74. The van der Waals surface area contributed by atoms with E-state index in [1.165, 1.54) is 63.5 Å². The number of fused-ring (bicyclic) bond motifs is 2. The monoisotopic (exact) mass is 744 g/mol. The number of hydrogen-bond acceptors (Lipinski definition) is 8. The van der Waals surface area contributed by atoms with Crippen molar-refractivity contribution >= 4 is 46.3 Å². The molecule has 0 radical (unpaired) electrons. The van der Waals surface area contributed by atoms with Crippen molar-refractivity contribution in [2.45, 2.75) is 90.4 Å². The maximum absolute atomic E-state index is 14.4. The van der Waals surface area contributed by atoms with E-state index in [9.17, 15) is 8.78 Å². The lowest BCUT2D eigenvalue weighted by Crippen LogP contribution is -2.39. The molecule has 0 amide bonds. The second-order valence-corrected chi connectivity index (χ2v) is 15.3. The van der Waals surface area contributed by atoms with Crippen LogP contribution in [0.3, 0.4) is 0 Å². The number of anilines is 2. The highest BCUT2D eigenvalue weighted by Gasteiger charge is 2.30. The molecule has 8 rings (SSSR count). The Morgan fingerprint density at radius 3 is 1.42 bits per heavy atom. The van der Waals surface area contributed by atoms with Gasteiger partial charge in [-0.2, -0.15) is 0 Å². The van der Waals surface area contributed by atoms with Gasteiger partial charge in [-0.15, -0.1) is 0 Å². The van der Waals surface area contributed by atoms with Gasteiger partial charge in [0.15, 0.2) is 11.6 Å². The predicted octanol–water partition coefficient (Wildman–Crippen LogP) is 9.27.